The van der Waals surface area contributed by atoms with Gasteiger partial charge in [0.1, 0.15) is 0 Å². The molecule has 1 aliphatic rings. The minimum Gasteiger partial charge on any atom is -0.326 e. The van der Waals surface area contributed by atoms with Crippen molar-refractivity contribution in [2.75, 3.05) is 23.1 Å². The van der Waals surface area contributed by atoms with Gasteiger partial charge in [-0.05, 0) is 54.4 Å². The molecule has 1 amide bonds. The first-order chi connectivity index (χ1) is 13.6. The number of carbonyl (C=O) groups excluding carboxylic acids is 1. The van der Waals surface area contributed by atoms with E-state index in [1.54, 1.807) is 36.4 Å². The van der Waals surface area contributed by atoms with Crippen molar-refractivity contribution in [1.29, 1.82) is 0 Å². The van der Waals surface area contributed by atoms with Gasteiger partial charge in [0.2, 0.25) is 5.91 Å². The van der Waals surface area contributed by atoms with Crippen LogP contribution in [0.5, 0.6) is 0 Å². The second-order valence-electron chi connectivity index (χ2n) is 8.40. The molecule has 0 fully saturated rings. The molecule has 0 unspecified atom stereocenters. The van der Waals surface area contributed by atoms with Crippen LogP contribution in [0.25, 0.3) is 0 Å². The average molecular weight is 416 g/mol. The van der Waals surface area contributed by atoms with Crippen molar-refractivity contribution >= 4 is 27.3 Å². The summed E-state index contributed by atoms with van der Waals surface area (Å²) in [5.41, 5.74) is 2.56. The van der Waals surface area contributed by atoms with Gasteiger partial charge in [-0.1, -0.05) is 39.8 Å². The SMILES string of the molecule is CCN1CCc2cccc(S(=O)(=O)Nc3ccc(NC(=O)C(C)(C)C)cc3)c2C1. The van der Waals surface area contributed by atoms with Crippen LogP contribution in [0.2, 0.25) is 0 Å². The third-order valence-corrected chi connectivity index (χ3v) is 6.59. The van der Waals surface area contributed by atoms with Gasteiger partial charge in [-0.2, -0.15) is 0 Å². The zero-order valence-electron chi connectivity index (χ0n) is 17.5. The highest BCUT2D eigenvalue weighted by Gasteiger charge is 2.25. The largest absolute Gasteiger partial charge is 0.326 e. The molecule has 7 heteroatoms. The van der Waals surface area contributed by atoms with E-state index < -0.39 is 15.4 Å². The standard InChI is InChI=1S/C22H29N3O3S/c1-5-25-14-13-16-7-6-8-20(19(16)15-25)29(27,28)24-18-11-9-17(10-12-18)23-21(26)22(2,3)4/h6-12,24H,5,13-15H2,1-4H3,(H,23,26). The van der Waals surface area contributed by atoms with Crippen molar-refractivity contribution in [1.82, 2.24) is 4.90 Å². The van der Waals surface area contributed by atoms with Crippen molar-refractivity contribution in [2.45, 2.75) is 45.6 Å². The van der Waals surface area contributed by atoms with Crippen molar-refractivity contribution < 1.29 is 13.2 Å². The minimum atomic E-state index is -3.71. The summed E-state index contributed by atoms with van der Waals surface area (Å²) in [6.45, 7) is 10.1. The lowest BCUT2D eigenvalue weighted by molar-refractivity contribution is -0.123. The van der Waals surface area contributed by atoms with E-state index in [0.29, 0.717) is 22.8 Å². The Bertz CT molecular complexity index is 993. The maximum Gasteiger partial charge on any atom is 0.262 e. The van der Waals surface area contributed by atoms with Gasteiger partial charge in [0, 0.05) is 29.9 Å². The van der Waals surface area contributed by atoms with Gasteiger partial charge in [0.05, 0.1) is 4.90 Å². The Labute approximate surface area is 173 Å². The lowest BCUT2D eigenvalue weighted by Crippen LogP contribution is -2.32. The second kappa shape index (κ2) is 8.16. The highest BCUT2D eigenvalue weighted by atomic mass is 32.2. The third-order valence-electron chi connectivity index (χ3n) is 5.12. The average Bonchev–Trinajstić information content (AvgIpc) is 2.67. The zero-order chi connectivity index (χ0) is 21.2. The number of sulfonamides is 1. The molecule has 0 saturated heterocycles. The van der Waals surface area contributed by atoms with Crippen molar-refractivity contribution in [3.8, 4) is 0 Å². The molecule has 0 saturated carbocycles. The van der Waals surface area contributed by atoms with E-state index in [4.69, 9.17) is 0 Å². The van der Waals surface area contributed by atoms with Gasteiger partial charge in [-0.3, -0.25) is 14.4 Å². The van der Waals surface area contributed by atoms with E-state index in [1.807, 2.05) is 26.8 Å². The Morgan fingerprint density at radius 1 is 1.07 bits per heavy atom. The van der Waals surface area contributed by atoms with Crippen molar-refractivity contribution in [3.63, 3.8) is 0 Å². The Balaban J connectivity index is 1.80. The quantitative estimate of drug-likeness (QED) is 0.777. The fourth-order valence-corrected chi connectivity index (χ4v) is 4.61. The maximum atomic E-state index is 13.1. The van der Waals surface area contributed by atoms with Crippen LogP contribution in [-0.4, -0.2) is 32.3 Å². The van der Waals surface area contributed by atoms with E-state index in [-0.39, 0.29) is 5.91 Å². The van der Waals surface area contributed by atoms with Gasteiger partial charge in [0.25, 0.3) is 10.0 Å². The summed E-state index contributed by atoms with van der Waals surface area (Å²) in [6.07, 6.45) is 0.856. The van der Waals surface area contributed by atoms with Crippen LogP contribution in [0.3, 0.4) is 0 Å². The molecule has 2 aromatic carbocycles. The molecule has 2 N–H and O–H groups in total. The van der Waals surface area contributed by atoms with Gasteiger partial charge in [0.15, 0.2) is 0 Å². The first-order valence-electron chi connectivity index (χ1n) is 9.87. The molecule has 29 heavy (non-hydrogen) atoms. The van der Waals surface area contributed by atoms with Gasteiger partial charge in [-0.25, -0.2) is 8.42 Å². The van der Waals surface area contributed by atoms with Crippen LogP contribution in [-0.2, 0) is 27.8 Å². The number of nitrogens with zero attached hydrogens (tertiary/aromatic N) is 1. The number of likely N-dealkylation sites (N-methyl/N-ethyl adjacent to an activating group) is 1. The van der Waals surface area contributed by atoms with E-state index >= 15 is 0 Å². The number of rotatable bonds is 5. The van der Waals surface area contributed by atoms with Crippen molar-refractivity contribution in [3.05, 3.63) is 53.6 Å². The normalized spacial score (nSPS) is 14.9. The molecule has 1 heterocycles. The Hall–Kier alpha value is -2.38. The number of carbonyl (C=O) groups is 1. The summed E-state index contributed by atoms with van der Waals surface area (Å²) in [5.74, 6) is -0.0952. The molecule has 2 aromatic rings. The monoisotopic (exact) mass is 415 g/mol. The first-order valence-corrected chi connectivity index (χ1v) is 11.4. The number of fused-ring (bicyclic) bond motifs is 1. The molecule has 1 aliphatic heterocycles. The summed E-state index contributed by atoms with van der Waals surface area (Å²) >= 11 is 0. The molecule has 0 aromatic heterocycles. The van der Waals surface area contributed by atoms with Gasteiger partial charge in [-0.15, -0.1) is 0 Å². The number of amides is 1. The zero-order valence-corrected chi connectivity index (χ0v) is 18.3. The lowest BCUT2D eigenvalue weighted by atomic mass is 9.95. The fourth-order valence-electron chi connectivity index (χ4n) is 3.28. The molecule has 0 spiro atoms. The number of nitrogens with one attached hydrogen (secondary N) is 2. The molecule has 0 radical (unpaired) electrons. The Morgan fingerprint density at radius 3 is 2.34 bits per heavy atom. The molecular formula is C22H29N3O3S. The van der Waals surface area contributed by atoms with Gasteiger partial charge < -0.3 is 5.32 Å². The van der Waals surface area contributed by atoms with Crippen LogP contribution < -0.4 is 10.0 Å². The fraction of sp³-hybridized carbons (Fsp3) is 0.409. The predicted molar refractivity (Wildman–Crippen MR) is 116 cm³/mol. The Kier molecular flexibility index (Phi) is 6.00. The van der Waals surface area contributed by atoms with Crippen LogP contribution in [0, 0.1) is 5.41 Å². The summed E-state index contributed by atoms with van der Waals surface area (Å²) < 4.78 is 28.8. The predicted octanol–water partition coefficient (Wildman–Crippen LogP) is 3.85. The smallest absolute Gasteiger partial charge is 0.262 e. The molecule has 0 bridgehead atoms. The molecule has 0 aliphatic carbocycles. The summed E-state index contributed by atoms with van der Waals surface area (Å²) in [5, 5.41) is 2.83. The summed E-state index contributed by atoms with van der Waals surface area (Å²) in [7, 11) is -3.71. The number of benzene rings is 2. The summed E-state index contributed by atoms with van der Waals surface area (Å²) in [4.78, 5) is 14.7. The number of anilines is 2. The highest BCUT2D eigenvalue weighted by molar-refractivity contribution is 7.92. The topological polar surface area (TPSA) is 78.5 Å². The molecular weight excluding hydrogens is 386 g/mol. The molecule has 0 atom stereocenters. The highest BCUT2D eigenvalue weighted by Crippen LogP contribution is 2.28. The second-order valence-corrected chi connectivity index (χ2v) is 10.1. The summed E-state index contributed by atoms with van der Waals surface area (Å²) in [6, 6.07) is 12.2. The lowest BCUT2D eigenvalue weighted by Gasteiger charge is -2.29. The van der Waals surface area contributed by atoms with E-state index in [0.717, 1.165) is 30.6 Å². The van der Waals surface area contributed by atoms with Gasteiger partial charge >= 0.3 is 0 Å². The number of hydrogen-bond acceptors (Lipinski definition) is 4. The van der Waals surface area contributed by atoms with Crippen LogP contribution >= 0.6 is 0 Å². The van der Waals surface area contributed by atoms with Crippen molar-refractivity contribution in [2.24, 2.45) is 5.41 Å². The van der Waals surface area contributed by atoms with E-state index in [1.165, 1.54) is 0 Å². The van der Waals surface area contributed by atoms with Crippen LogP contribution in [0.15, 0.2) is 47.4 Å². The van der Waals surface area contributed by atoms with Crippen LogP contribution in [0.1, 0.15) is 38.8 Å². The third kappa shape index (κ3) is 4.97. The Morgan fingerprint density at radius 2 is 1.72 bits per heavy atom. The first kappa shape index (κ1) is 21.3. The molecule has 6 nitrogen and oxygen atoms in total. The molecule has 156 valence electrons. The van der Waals surface area contributed by atoms with E-state index in [9.17, 15) is 13.2 Å². The minimum absolute atomic E-state index is 0.0952. The maximum absolute atomic E-state index is 13.1. The van der Waals surface area contributed by atoms with E-state index in [2.05, 4.69) is 21.9 Å². The number of hydrogen-bond donors (Lipinski definition) is 2. The molecule has 3 rings (SSSR count). The van der Waals surface area contributed by atoms with Crippen LogP contribution in [0.4, 0.5) is 11.4 Å².